The summed E-state index contributed by atoms with van der Waals surface area (Å²) in [5.74, 6) is -2.95. The lowest BCUT2D eigenvalue weighted by atomic mass is 10.1. The zero-order chi connectivity index (χ0) is 19.3. The lowest BCUT2D eigenvalue weighted by Crippen LogP contribution is -2.45. The van der Waals surface area contributed by atoms with Crippen LogP contribution in [-0.2, 0) is 14.3 Å². The lowest BCUT2D eigenvalue weighted by Gasteiger charge is -2.13. The number of fused-ring (bicyclic) bond motifs is 1. The van der Waals surface area contributed by atoms with E-state index in [0.29, 0.717) is 6.42 Å². The largest absolute Gasteiger partial charge is 0.454 e. The number of esters is 1. The van der Waals surface area contributed by atoms with Crippen LogP contribution in [0, 0.1) is 0 Å². The number of hydrogen-bond donors (Lipinski definition) is 2. The number of rotatable bonds is 6. The van der Waals surface area contributed by atoms with Crippen LogP contribution in [-0.4, -0.2) is 53.8 Å². The molecule has 0 fully saturated rings. The van der Waals surface area contributed by atoms with Gasteiger partial charge in [0.1, 0.15) is 6.54 Å². The Morgan fingerprint density at radius 2 is 1.69 bits per heavy atom. The molecule has 0 saturated heterocycles. The normalized spacial score (nSPS) is 13.8. The van der Waals surface area contributed by atoms with Crippen molar-refractivity contribution < 1.29 is 28.7 Å². The molecule has 2 rings (SSSR count). The molecule has 0 radical (unpaired) electrons. The van der Waals surface area contributed by atoms with Gasteiger partial charge in [-0.1, -0.05) is 19.1 Å². The van der Waals surface area contributed by atoms with E-state index in [4.69, 9.17) is 4.74 Å². The molecule has 5 amide bonds. The van der Waals surface area contributed by atoms with E-state index in [0.717, 1.165) is 4.90 Å². The Balaban J connectivity index is 1.81. The van der Waals surface area contributed by atoms with Crippen molar-refractivity contribution in [2.75, 3.05) is 13.2 Å². The summed E-state index contributed by atoms with van der Waals surface area (Å²) in [5, 5.41) is 4.53. The molecule has 0 unspecified atom stereocenters. The second-order valence-corrected chi connectivity index (χ2v) is 5.73. The van der Waals surface area contributed by atoms with Crippen LogP contribution in [0.3, 0.4) is 0 Å². The van der Waals surface area contributed by atoms with E-state index in [1.807, 2.05) is 12.2 Å². The zero-order valence-electron chi connectivity index (χ0n) is 14.4. The standard InChI is InChI=1S/C17H19N3O6/c1-3-10(2)18-17(25)19-13(21)9-26-14(22)8-20-15(23)11-6-4-5-7-12(11)16(20)24/h4-7,10H,3,8-9H2,1-2H3,(H2,18,19,21,25)/t10-/m0/s1. The Morgan fingerprint density at radius 3 is 2.23 bits per heavy atom. The van der Waals surface area contributed by atoms with Crippen molar-refractivity contribution >= 4 is 29.7 Å². The van der Waals surface area contributed by atoms with Crippen LogP contribution in [0.2, 0.25) is 0 Å². The second-order valence-electron chi connectivity index (χ2n) is 5.73. The molecule has 0 bridgehead atoms. The molecule has 0 spiro atoms. The fraction of sp³-hybridized carbons (Fsp3) is 0.353. The summed E-state index contributed by atoms with van der Waals surface area (Å²) >= 11 is 0. The molecule has 1 atom stereocenters. The van der Waals surface area contributed by atoms with Crippen LogP contribution in [0.5, 0.6) is 0 Å². The molecule has 1 heterocycles. The SMILES string of the molecule is CC[C@H](C)NC(=O)NC(=O)COC(=O)CN1C(=O)c2ccccc2C1=O. The lowest BCUT2D eigenvalue weighted by molar-refractivity contribution is -0.148. The number of urea groups is 1. The van der Waals surface area contributed by atoms with Gasteiger partial charge in [0.25, 0.3) is 17.7 Å². The third-order valence-electron chi connectivity index (χ3n) is 3.77. The van der Waals surface area contributed by atoms with Gasteiger partial charge in [-0.3, -0.25) is 29.4 Å². The minimum Gasteiger partial charge on any atom is -0.454 e. The quantitative estimate of drug-likeness (QED) is 0.560. The van der Waals surface area contributed by atoms with Crippen molar-refractivity contribution in [3.63, 3.8) is 0 Å². The van der Waals surface area contributed by atoms with Crippen LogP contribution in [0.15, 0.2) is 24.3 Å². The smallest absolute Gasteiger partial charge is 0.326 e. The van der Waals surface area contributed by atoms with Crippen molar-refractivity contribution in [1.82, 2.24) is 15.5 Å². The van der Waals surface area contributed by atoms with Gasteiger partial charge in [-0.2, -0.15) is 0 Å². The van der Waals surface area contributed by atoms with Crippen molar-refractivity contribution in [2.24, 2.45) is 0 Å². The molecule has 9 nitrogen and oxygen atoms in total. The van der Waals surface area contributed by atoms with Gasteiger partial charge in [0, 0.05) is 6.04 Å². The van der Waals surface area contributed by atoms with Gasteiger partial charge in [-0.15, -0.1) is 0 Å². The van der Waals surface area contributed by atoms with Gasteiger partial charge in [0.15, 0.2) is 6.61 Å². The van der Waals surface area contributed by atoms with Crippen molar-refractivity contribution in [1.29, 1.82) is 0 Å². The Morgan fingerprint density at radius 1 is 1.12 bits per heavy atom. The fourth-order valence-corrected chi connectivity index (χ4v) is 2.23. The number of nitrogens with zero attached hydrogens (tertiary/aromatic N) is 1. The first-order valence-corrected chi connectivity index (χ1v) is 8.04. The minimum absolute atomic E-state index is 0.112. The molecule has 0 saturated carbocycles. The van der Waals surface area contributed by atoms with Crippen molar-refractivity contribution in [2.45, 2.75) is 26.3 Å². The Labute approximate surface area is 149 Å². The minimum atomic E-state index is -0.933. The van der Waals surface area contributed by atoms with Crippen molar-refractivity contribution in [3.05, 3.63) is 35.4 Å². The average molecular weight is 361 g/mol. The Hall–Kier alpha value is -3.23. The van der Waals surface area contributed by atoms with Crippen LogP contribution in [0.25, 0.3) is 0 Å². The van der Waals surface area contributed by atoms with Gasteiger partial charge >= 0.3 is 12.0 Å². The predicted molar refractivity (Wildman–Crippen MR) is 89.2 cm³/mol. The molecule has 138 valence electrons. The molecule has 2 N–H and O–H groups in total. The van der Waals surface area contributed by atoms with E-state index in [2.05, 4.69) is 5.32 Å². The number of carbonyl (C=O) groups excluding carboxylic acids is 5. The third kappa shape index (κ3) is 4.44. The highest BCUT2D eigenvalue weighted by atomic mass is 16.5. The summed E-state index contributed by atoms with van der Waals surface area (Å²) in [6.45, 7) is 2.33. The van der Waals surface area contributed by atoms with Crippen molar-refractivity contribution in [3.8, 4) is 0 Å². The van der Waals surface area contributed by atoms with Gasteiger partial charge in [-0.05, 0) is 25.5 Å². The number of hydrogen-bond acceptors (Lipinski definition) is 6. The van der Waals surface area contributed by atoms with Gasteiger partial charge in [0.05, 0.1) is 11.1 Å². The number of amides is 5. The van der Waals surface area contributed by atoms with E-state index in [-0.39, 0.29) is 17.2 Å². The first kappa shape index (κ1) is 19.1. The van der Waals surface area contributed by atoms with E-state index < -0.39 is 42.9 Å². The number of carbonyl (C=O) groups is 5. The highest BCUT2D eigenvalue weighted by Crippen LogP contribution is 2.21. The van der Waals surface area contributed by atoms with E-state index >= 15 is 0 Å². The van der Waals surface area contributed by atoms with E-state index in [1.54, 1.807) is 19.1 Å². The maximum absolute atomic E-state index is 12.1. The number of ether oxygens (including phenoxy) is 1. The molecule has 26 heavy (non-hydrogen) atoms. The number of nitrogens with one attached hydrogen (secondary N) is 2. The first-order valence-electron chi connectivity index (χ1n) is 8.04. The Bertz CT molecular complexity index is 726. The monoisotopic (exact) mass is 361 g/mol. The summed E-state index contributed by atoms with van der Waals surface area (Å²) in [4.78, 5) is 59.9. The predicted octanol–water partition coefficient (Wildman–Crippen LogP) is 0.450. The summed E-state index contributed by atoms with van der Waals surface area (Å²) in [5.41, 5.74) is 0.425. The Kier molecular flexibility index (Phi) is 6.05. The van der Waals surface area contributed by atoms with Gasteiger partial charge in [0.2, 0.25) is 0 Å². The molecule has 9 heteroatoms. The summed E-state index contributed by atoms with van der Waals surface area (Å²) in [6.07, 6.45) is 0.691. The van der Waals surface area contributed by atoms with Crippen LogP contribution in [0.1, 0.15) is 41.0 Å². The van der Waals surface area contributed by atoms with Crippen LogP contribution < -0.4 is 10.6 Å². The van der Waals surface area contributed by atoms with Crippen LogP contribution in [0.4, 0.5) is 4.79 Å². The molecule has 0 aliphatic carbocycles. The maximum atomic E-state index is 12.1. The second kappa shape index (κ2) is 8.24. The van der Waals surface area contributed by atoms with Gasteiger partial charge < -0.3 is 10.1 Å². The molecule has 1 aliphatic rings. The molecule has 1 aromatic rings. The van der Waals surface area contributed by atoms with E-state index in [9.17, 15) is 24.0 Å². The molecule has 0 aromatic heterocycles. The topological polar surface area (TPSA) is 122 Å². The average Bonchev–Trinajstić information content (AvgIpc) is 2.85. The fourth-order valence-electron chi connectivity index (χ4n) is 2.23. The zero-order valence-corrected chi connectivity index (χ0v) is 14.4. The summed E-state index contributed by atoms with van der Waals surface area (Å²) < 4.78 is 4.72. The first-order chi connectivity index (χ1) is 12.3. The molecular formula is C17H19N3O6. The van der Waals surface area contributed by atoms with E-state index in [1.165, 1.54) is 12.1 Å². The molecular weight excluding hydrogens is 342 g/mol. The highest BCUT2D eigenvalue weighted by molar-refractivity contribution is 6.22. The molecule has 1 aromatic carbocycles. The summed E-state index contributed by atoms with van der Waals surface area (Å²) in [7, 11) is 0. The maximum Gasteiger partial charge on any atom is 0.326 e. The van der Waals surface area contributed by atoms with Crippen LogP contribution >= 0.6 is 0 Å². The molecule has 1 aliphatic heterocycles. The van der Waals surface area contributed by atoms with Gasteiger partial charge in [-0.25, -0.2) is 4.79 Å². The summed E-state index contributed by atoms with van der Waals surface area (Å²) in [6, 6.07) is 5.40. The number of benzene rings is 1. The third-order valence-corrected chi connectivity index (χ3v) is 3.77. The highest BCUT2D eigenvalue weighted by Gasteiger charge is 2.36. The number of imide groups is 2.